The molecule has 27 heavy (non-hydrogen) atoms. The van der Waals surface area contributed by atoms with Crippen molar-refractivity contribution in [2.75, 3.05) is 27.3 Å². The predicted molar refractivity (Wildman–Crippen MR) is 103 cm³/mol. The van der Waals surface area contributed by atoms with Gasteiger partial charge in [0, 0.05) is 50.6 Å². The van der Waals surface area contributed by atoms with Gasteiger partial charge < -0.3 is 14.6 Å². The van der Waals surface area contributed by atoms with Crippen molar-refractivity contribution >= 4 is 5.91 Å². The zero-order valence-corrected chi connectivity index (χ0v) is 16.0. The Kier molecular flexibility index (Phi) is 5.61. The number of nitrogens with zero attached hydrogens (tertiary/aromatic N) is 4. The van der Waals surface area contributed by atoms with E-state index in [4.69, 9.17) is 4.74 Å². The summed E-state index contributed by atoms with van der Waals surface area (Å²) in [6.45, 7) is 4.95. The number of aromatic amines is 1. The van der Waals surface area contributed by atoms with Gasteiger partial charge in [-0.05, 0) is 37.6 Å². The second-order valence-electron chi connectivity index (χ2n) is 6.41. The van der Waals surface area contributed by atoms with Gasteiger partial charge in [0.15, 0.2) is 5.82 Å². The lowest BCUT2D eigenvalue weighted by molar-refractivity contribution is 0.0744. The van der Waals surface area contributed by atoms with Gasteiger partial charge in [0.25, 0.3) is 5.91 Å². The van der Waals surface area contributed by atoms with E-state index in [1.54, 1.807) is 37.6 Å². The molecule has 0 atom stereocenters. The van der Waals surface area contributed by atoms with Crippen LogP contribution in [0.15, 0.2) is 36.8 Å². The van der Waals surface area contributed by atoms with Gasteiger partial charge in [-0.25, -0.2) is 4.98 Å². The Bertz CT molecular complexity index is 932. The summed E-state index contributed by atoms with van der Waals surface area (Å²) in [7, 11) is 3.36. The molecule has 0 fully saturated rings. The molecule has 0 aromatic carbocycles. The van der Waals surface area contributed by atoms with Crippen molar-refractivity contribution in [1.29, 1.82) is 0 Å². The van der Waals surface area contributed by atoms with Gasteiger partial charge in [-0.3, -0.25) is 14.8 Å². The summed E-state index contributed by atoms with van der Waals surface area (Å²) >= 11 is 0. The van der Waals surface area contributed by atoms with E-state index in [0.29, 0.717) is 18.7 Å². The highest BCUT2D eigenvalue weighted by Gasteiger charge is 2.14. The van der Waals surface area contributed by atoms with Crippen molar-refractivity contribution in [3.8, 4) is 22.6 Å². The minimum atomic E-state index is -0.0898. The minimum absolute atomic E-state index is 0.0898. The number of H-pyrrole nitrogens is 1. The first-order valence-corrected chi connectivity index (χ1v) is 8.69. The molecular formula is C20H23N5O2. The first kappa shape index (κ1) is 18.7. The number of carbonyl (C=O) groups is 1. The fourth-order valence-electron chi connectivity index (χ4n) is 2.67. The van der Waals surface area contributed by atoms with Crippen LogP contribution in [0.3, 0.4) is 0 Å². The number of carbonyl (C=O) groups excluding carboxylic acids is 1. The fraction of sp³-hybridized carbons (Fsp3) is 0.300. The van der Waals surface area contributed by atoms with Crippen molar-refractivity contribution in [1.82, 2.24) is 24.8 Å². The minimum Gasteiger partial charge on any atom is -0.383 e. The van der Waals surface area contributed by atoms with Crippen LogP contribution in [0.1, 0.15) is 21.7 Å². The van der Waals surface area contributed by atoms with Crippen LogP contribution in [0.5, 0.6) is 0 Å². The molecule has 0 spiro atoms. The second kappa shape index (κ2) is 8.09. The van der Waals surface area contributed by atoms with Crippen LogP contribution in [0.2, 0.25) is 0 Å². The van der Waals surface area contributed by atoms with E-state index in [0.717, 1.165) is 34.0 Å². The maximum atomic E-state index is 12.6. The van der Waals surface area contributed by atoms with Crippen molar-refractivity contribution < 1.29 is 9.53 Å². The topological polar surface area (TPSA) is 84.0 Å². The average molecular weight is 365 g/mol. The molecule has 3 heterocycles. The number of imidazole rings is 1. The zero-order chi connectivity index (χ0) is 19.4. The maximum Gasteiger partial charge on any atom is 0.255 e. The number of hydrogen-bond donors (Lipinski definition) is 1. The fourth-order valence-corrected chi connectivity index (χ4v) is 2.67. The molecule has 0 radical (unpaired) electrons. The first-order chi connectivity index (χ1) is 13.0. The Morgan fingerprint density at radius 3 is 2.74 bits per heavy atom. The summed E-state index contributed by atoms with van der Waals surface area (Å²) in [4.78, 5) is 30.6. The maximum absolute atomic E-state index is 12.6. The van der Waals surface area contributed by atoms with Crippen LogP contribution in [0.25, 0.3) is 22.6 Å². The smallest absolute Gasteiger partial charge is 0.255 e. The van der Waals surface area contributed by atoms with E-state index in [-0.39, 0.29) is 5.91 Å². The Morgan fingerprint density at radius 2 is 2.04 bits per heavy atom. The molecule has 140 valence electrons. The van der Waals surface area contributed by atoms with Gasteiger partial charge in [-0.15, -0.1) is 0 Å². The number of aryl methyl sites for hydroxylation is 2. The van der Waals surface area contributed by atoms with E-state index >= 15 is 0 Å². The van der Waals surface area contributed by atoms with Gasteiger partial charge in [0.05, 0.1) is 17.9 Å². The first-order valence-electron chi connectivity index (χ1n) is 8.69. The Morgan fingerprint density at radius 1 is 1.22 bits per heavy atom. The molecule has 0 bridgehead atoms. The van der Waals surface area contributed by atoms with E-state index in [1.165, 1.54) is 0 Å². The van der Waals surface area contributed by atoms with E-state index in [1.807, 2.05) is 32.0 Å². The van der Waals surface area contributed by atoms with Crippen molar-refractivity contribution in [2.24, 2.45) is 0 Å². The van der Waals surface area contributed by atoms with Gasteiger partial charge in [-0.1, -0.05) is 0 Å². The third-order valence-electron chi connectivity index (χ3n) is 4.43. The van der Waals surface area contributed by atoms with Crippen LogP contribution in [0.4, 0.5) is 0 Å². The normalized spacial score (nSPS) is 10.8. The quantitative estimate of drug-likeness (QED) is 0.726. The van der Waals surface area contributed by atoms with Crippen LogP contribution in [0, 0.1) is 13.8 Å². The third-order valence-corrected chi connectivity index (χ3v) is 4.43. The highest BCUT2D eigenvalue weighted by molar-refractivity contribution is 5.95. The molecule has 0 saturated heterocycles. The summed E-state index contributed by atoms with van der Waals surface area (Å²) in [6, 6.07) is 5.68. The summed E-state index contributed by atoms with van der Waals surface area (Å²) in [5.41, 5.74) is 5.03. The lowest BCUT2D eigenvalue weighted by Crippen LogP contribution is -2.30. The van der Waals surface area contributed by atoms with Crippen molar-refractivity contribution in [3.63, 3.8) is 0 Å². The van der Waals surface area contributed by atoms with Crippen molar-refractivity contribution in [3.05, 3.63) is 53.7 Å². The molecule has 3 aromatic heterocycles. The molecule has 0 aliphatic carbocycles. The van der Waals surface area contributed by atoms with Crippen molar-refractivity contribution in [2.45, 2.75) is 13.8 Å². The number of likely N-dealkylation sites (N-methyl/N-ethyl adjacent to an activating group) is 1. The largest absolute Gasteiger partial charge is 0.383 e. The molecule has 1 N–H and O–H groups in total. The molecule has 3 rings (SSSR count). The lowest BCUT2D eigenvalue weighted by Gasteiger charge is -2.16. The number of rotatable bonds is 6. The molecule has 0 saturated carbocycles. The van der Waals surface area contributed by atoms with Gasteiger partial charge >= 0.3 is 0 Å². The highest BCUT2D eigenvalue weighted by Crippen LogP contribution is 2.24. The molecular weight excluding hydrogens is 342 g/mol. The predicted octanol–water partition coefficient (Wildman–Crippen LogP) is 2.87. The Balaban J connectivity index is 1.89. The standard InChI is InChI=1S/C20H23N5O2/c1-13-14(2)24-19(23-13)18-10-15(5-6-22-18)16-9-17(12-21-11-16)20(26)25(3)7-8-27-4/h5-6,9-12H,7-8H2,1-4H3,(H,23,24). The molecule has 0 aliphatic rings. The number of methoxy groups -OCH3 is 1. The average Bonchev–Trinajstić information content (AvgIpc) is 3.04. The number of amides is 1. The number of pyridine rings is 2. The Labute approximate surface area is 158 Å². The number of ether oxygens (including phenoxy) is 1. The number of hydrogen-bond acceptors (Lipinski definition) is 5. The van der Waals surface area contributed by atoms with E-state index in [9.17, 15) is 4.79 Å². The monoisotopic (exact) mass is 365 g/mol. The Hall–Kier alpha value is -3.06. The zero-order valence-electron chi connectivity index (χ0n) is 16.0. The highest BCUT2D eigenvalue weighted by atomic mass is 16.5. The molecule has 3 aromatic rings. The molecule has 0 aliphatic heterocycles. The van der Waals surface area contributed by atoms with E-state index < -0.39 is 0 Å². The summed E-state index contributed by atoms with van der Waals surface area (Å²) in [5, 5.41) is 0. The van der Waals surface area contributed by atoms with Crippen LogP contribution >= 0.6 is 0 Å². The van der Waals surface area contributed by atoms with Gasteiger partial charge in [0.2, 0.25) is 0 Å². The molecule has 0 unspecified atom stereocenters. The summed E-state index contributed by atoms with van der Waals surface area (Å²) in [5.74, 6) is 0.638. The van der Waals surface area contributed by atoms with Crippen LogP contribution < -0.4 is 0 Å². The van der Waals surface area contributed by atoms with Crippen LogP contribution in [-0.2, 0) is 4.74 Å². The third kappa shape index (κ3) is 4.20. The SMILES string of the molecule is COCCN(C)C(=O)c1cncc(-c2ccnc(-c3nc(C)c(C)[nH]3)c2)c1. The molecule has 7 nitrogen and oxygen atoms in total. The van der Waals surface area contributed by atoms with Gasteiger partial charge in [0.1, 0.15) is 5.69 Å². The summed E-state index contributed by atoms with van der Waals surface area (Å²) in [6.07, 6.45) is 5.05. The summed E-state index contributed by atoms with van der Waals surface area (Å²) < 4.78 is 5.03. The molecule has 1 amide bonds. The van der Waals surface area contributed by atoms with Crippen LogP contribution in [-0.4, -0.2) is 58.1 Å². The lowest BCUT2D eigenvalue weighted by atomic mass is 10.1. The van der Waals surface area contributed by atoms with Gasteiger partial charge in [-0.2, -0.15) is 0 Å². The number of aromatic nitrogens is 4. The molecule has 7 heteroatoms. The van der Waals surface area contributed by atoms with E-state index in [2.05, 4.69) is 19.9 Å². The second-order valence-corrected chi connectivity index (χ2v) is 6.41. The number of nitrogens with one attached hydrogen (secondary N) is 1.